The number of likely N-dealkylation sites (N-methyl/N-ethyl adjacent to an activating group) is 1. The van der Waals surface area contributed by atoms with Crippen LogP contribution in [0.2, 0.25) is 0 Å². The van der Waals surface area contributed by atoms with Crippen LogP contribution in [-0.2, 0) is 20.5 Å². The summed E-state index contributed by atoms with van der Waals surface area (Å²) in [4.78, 5) is 62.8. The number of aromatic nitrogens is 1. The van der Waals surface area contributed by atoms with Gasteiger partial charge in [0.15, 0.2) is 0 Å². The Labute approximate surface area is 229 Å². The lowest BCUT2D eigenvalue weighted by Gasteiger charge is -2.34. The number of pyridine rings is 1. The molecule has 0 spiro atoms. The summed E-state index contributed by atoms with van der Waals surface area (Å²) in [5.41, 5.74) is 2.84. The zero-order valence-electron chi connectivity index (χ0n) is 22.5. The molecule has 1 aromatic carbocycles. The fourth-order valence-electron chi connectivity index (χ4n) is 4.59. The van der Waals surface area contributed by atoms with E-state index in [0.29, 0.717) is 58.9 Å². The summed E-state index contributed by atoms with van der Waals surface area (Å²) in [6.07, 6.45) is -0.793. The monoisotopic (exact) mass is 586 g/mol. The average molecular weight is 587 g/mol. The molecule has 5 N–H and O–H groups in total. The minimum Gasteiger partial charge on any atom is -0.358 e. The van der Waals surface area contributed by atoms with Crippen molar-refractivity contribution in [1.82, 2.24) is 29.9 Å². The minimum absolute atomic E-state index is 0.0727. The molecular weight excluding hydrogens is 546 g/mol. The maximum atomic E-state index is 12.0. The van der Waals surface area contributed by atoms with Crippen LogP contribution in [0, 0.1) is 6.92 Å². The number of amides is 1. The van der Waals surface area contributed by atoms with Gasteiger partial charge in [0, 0.05) is 71.3 Å². The third-order valence-corrected chi connectivity index (χ3v) is 8.17. The Hall–Kier alpha value is -1.76. The molecule has 0 radical (unpaired) electrons. The third kappa shape index (κ3) is 11.7. The summed E-state index contributed by atoms with van der Waals surface area (Å²) in [6.45, 7) is 5.60. The summed E-state index contributed by atoms with van der Waals surface area (Å²) < 4.78 is 23.7. The van der Waals surface area contributed by atoms with Crippen LogP contribution < -0.4 is 5.32 Å². The van der Waals surface area contributed by atoms with Crippen LogP contribution in [0.3, 0.4) is 0 Å². The molecule has 1 fully saturated rings. The molecule has 1 aliphatic heterocycles. The lowest BCUT2D eigenvalue weighted by Crippen LogP contribution is -2.47. The first-order valence-corrected chi connectivity index (χ1v) is 16.4. The smallest absolute Gasteiger partial charge is 0.339 e. The number of hydrogen-bond acceptors (Lipinski definition) is 8. The Balaban J connectivity index is 1.82. The van der Waals surface area contributed by atoms with Gasteiger partial charge in [-0.05, 0) is 25.1 Å². The molecule has 1 aliphatic rings. The van der Waals surface area contributed by atoms with E-state index in [1.807, 2.05) is 36.1 Å². The molecule has 0 saturated carbocycles. The second-order valence-electron chi connectivity index (χ2n) is 10.1. The summed E-state index contributed by atoms with van der Waals surface area (Å²) in [5, 5.41) is 3.61. The maximum absolute atomic E-state index is 12.0. The molecule has 0 atom stereocenters. The van der Waals surface area contributed by atoms with Gasteiger partial charge >= 0.3 is 15.2 Å². The molecule has 39 heavy (non-hydrogen) atoms. The van der Waals surface area contributed by atoms with Gasteiger partial charge in [0.05, 0.1) is 17.8 Å². The molecule has 13 nitrogen and oxygen atoms in total. The van der Waals surface area contributed by atoms with E-state index in [1.54, 1.807) is 9.80 Å². The van der Waals surface area contributed by atoms with Gasteiger partial charge in [-0.25, -0.2) is 0 Å². The molecule has 15 heteroatoms. The lowest BCUT2D eigenvalue weighted by molar-refractivity contribution is -0.121. The predicted molar refractivity (Wildman–Crippen MR) is 149 cm³/mol. The Morgan fingerprint density at radius 2 is 1.33 bits per heavy atom. The third-order valence-electron chi connectivity index (χ3n) is 6.63. The minimum atomic E-state index is -4.31. The van der Waals surface area contributed by atoms with Crippen LogP contribution in [0.5, 0.6) is 0 Å². The van der Waals surface area contributed by atoms with Crippen molar-refractivity contribution in [3.05, 3.63) is 41.6 Å². The van der Waals surface area contributed by atoms with Crippen LogP contribution in [0.1, 0.15) is 11.3 Å². The number of carbonyl (C=O) groups is 1. The van der Waals surface area contributed by atoms with Crippen molar-refractivity contribution < 1.29 is 33.5 Å². The first-order chi connectivity index (χ1) is 18.3. The van der Waals surface area contributed by atoms with E-state index in [-0.39, 0.29) is 12.5 Å². The predicted octanol–water partition coefficient (Wildman–Crippen LogP) is 0.281. The SMILES string of the molecule is CNC(=O)CN1CCN(CP(=O)(O)O)CCN(Cc2ccc3cc(C)ccc3n2)CCN(CP(=O)(O)O)CC1. The molecule has 218 valence electrons. The highest BCUT2D eigenvalue weighted by Crippen LogP contribution is 2.36. The Morgan fingerprint density at radius 3 is 1.85 bits per heavy atom. The first-order valence-electron chi connectivity index (χ1n) is 12.8. The zero-order chi connectivity index (χ0) is 28.6. The van der Waals surface area contributed by atoms with Crippen LogP contribution in [0.4, 0.5) is 0 Å². The number of aryl methyl sites for hydroxylation is 1. The van der Waals surface area contributed by atoms with Gasteiger partial charge in [0.2, 0.25) is 5.91 Å². The highest BCUT2D eigenvalue weighted by atomic mass is 31.2. The molecule has 0 unspecified atom stereocenters. The van der Waals surface area contributed by atoms with E-state index in [4.69, 9.17) is 4.98 Å². The maximum Gasteiger partial charge on any atom is 0.339 e. The van der Waals surface area contributed by atoms with Crippen molar-refractivity contribution in [1.29, 1.82) is 0 Å². The Bertz CT molecular complexity index is 1170. The van der Waals surface area contributed by atoms with E-state index in [2.05, 4.69) is 16.3 Å². The quantitative estimate of drug-likeness (QED) is 0.268. The van der Waals surface area contributed by atoms with Crippen LogP contribution >= 0.6 is 15.2 Å². The van der Waals surface area contributed by atoms with Crippen molar-refractivity contribution in [2.75, 3.05) is 78.5 Å². The molecule has 0 aliphatic carbocycles. The summed E-state index contributed by atoms with van der Waals surface area (Å²) in [7, 11) is -7.10. The second-order valence-corrected chi connectivity index (χ2v) is 13.3. The number of hydrogen-bond donors (Lipinski definition) is 5. The molecule has 1 saturated heterocycles. The highest BCUT2D eigenvalue weighted by molar-refractivity contribution is 7.51. The van der Waals surface area contributed by atoms with Crippen molar-refractivity contribution in [3.63, 3.8) is 0 Å². The van der Waals surface area contributed by atoms with Crippen LogP contribution in [0.25, 0.3) is 10.9 Å². The molecule has 0 bridgehead atoms. The van der Waals surface area contributed by atoms with Gasteiger partial charge in [-0.3, -0.25) is 38.5 Å². The lowest BCUT2D eigenvalue weighted by atomic mass is 10.1. The normalized spacial score (nSPS) is 18.5. The van der Waals surface area contributed by atoms with Gasteiger partial charge in [-0.15, -0.1) is 0 Å². The molecule has 1 amide bonds. The average Bonchev–Trinajstić information content (AvgIpc) is 2.83. The van der Waals surface area contributed by atoms with E-state index < -0.39 is 27.8 Å². The van der Waals surface area contributed by atoms with Gasteiger partial charge in [0.1, 0.15) is 12.6 Å². The Kier molecular flexibility index (Phi) is 11.6. The number of carbonyl (C=O) groups excluding carboxylic acids is 1. The second kappa shape index (κ2) is 14.2. The van der Waals surface area contributed by atoms with Gasteiger partial charge in [-0.1, -0.05) is 17.7 Å². The van der Waals surface area contributed by atoms with Crippen LogP contribution in [0.15, 0.2) is 30.3 Å². The van der Waals surface area contributed by atoms with Crippen molar-refractivity contribution in [3.8, 4) is 0 Å². The molecule has 1 aromatic heterocycles. The van der Waals surface area contributed by atoms with E-state index in [9.17, 15) is 33.5 Å². The largest absolute Gasteiger partial charge is 0.358 e. The fourth-order valence-corrected chi connectivity index (χ4v) is 6.19. The number of rotatable bonds is 8. The molecule has 2 heterocycles. The number of fused-ring (bicyclic) bond motifs is 1. The number of benzene rings is 1. The standard InChI is InChI=1S/C24H40N6O7P2/c1-20-3-6-23-21(15-20)4-5-22(26-23)16-27-7-11-29(18-38(32,33)34)13-9-28(17-24(31)25-2)10-14-30(12-8-27)19-39(35,36)37/h3-6,15H,7-14,16-19H2,1-2H3,(H,25,31)(H2,32,33,34)(H2,35,36,37). The molecular formula is C24H40N6O7P2. The first kappa shape index (κ1) is 31.8. The van der Waals surface area contributed by atoms with Gasteiger partial charge in [-0.2, -0.15) is 0 Å². The summed E-state index contributed by atoms with van der Waals surface area (Å²) >= 11 is 0. The fraction of sp³-hybridized carbons (Fsp3) is 0.583. The van der Waals surface area contributed by atoms with E-state index in [0.717, 1.165) is 22.2 Å². The van der Waals surface area contributed by atoms with Crippen molar-refractivity contribution >= 4 is 32.0 Å². The van der Waals surface area contributed by atoms with E-state index >= 15 is 0 Å². The van der Waals surface area contributed by atoms with E-state index in [1.165, 1.54) is 7.05 Å². The topological polar surface area (TPSA) is 170 Å². The van der Waals surface area contributed by atoms with Gasteiger partial charge < -0.3 is 24.9 Å². The summed E-state index contributed by atoms with van der Waals surface area (Å²) in [5.74, 6) is -0.214. The summed E-state index contributed by atoms with van der Waals surface area (Å²) in [6, 6.07) is 10.0. The Morgan fingerprint density at radius 1 is 0.821 bits per heavy atom. The number of nitrogens with one attached hydrogen (secondary N) is 1. The van der Waals surface area contributed by atoms with Crippen LogP contribution in [-0.4, -0.2) is 129 Å². The molecule has 2 aromatic rings. The van der Waals surface area contributed by atoms with Crippen molar-refractivity contribution in [2.45, 2.75) is 13.5 Å². The van der Waals surface area contributed by atoms with Crippen molar-refractivity contribution in [2.24, 2.45) is 0 Å². The van der Waals surface area contributed by atoms with Gasteiger partial charge in [0.25, 0.3) is 0 Å². The molecule has 3 rings (SSSR count). The highest BCUT2D eigenvalue weighted by Gasteiger charge is 2.25. The number of nitrogens with zero attached hydrogens (tertiary/aromatic N) is 5. The zero-order valence-corrected chi connectivity index (χ0v) is 24.3.